The minimum absolute atomic E-state index is 0.0161. The largest absolute Gasteiger partial charge is 0.448 e. The third kappa shape index (κ3) is 3.84. The Hall–Kier alpha value is -2.46. The van der Waals surface area contributed by atoms with Gasteiger partial charge in [0.15, 0.2) is 0 Å². The molecule has 0 aromatic heterocycles. The van der Waals surface area contributed by atoms with E-state index in [-0.39, 0.29) is 23.8 Å². The summed E-state index contributed by atoms with van der Waals surface area (Å²) < 4.78 is 39.0. The Labute approximate surface area is 212 Å². The van der Waals surface area contributed by atoms with Crippen molar-refractivity contribution in [3.05, 3.63) is 35.9 Å². The molecular weight excluding hydrogens is 482 g/mol. The topological polar surface area (TPSA) is 106 Å². The Balaban J connectivity index is 1.36. The van der Waals surface area contributed by atoms with E-state index >= 15 is 0 Å². The molecule has 2 saturated carbocycles. The molecule has 5 rings (SSSR count). The number of nitrogens with zero attached hydrogens (tertiary/aromatic N) is 3. The first-order valence-corrected chi connectivity index (χ1v) is 14.4. The van der Waals surface area contributed by atoms with Gasteiger partial charge in [-0.3, -0.25) is 4.79 Å². The summed E-state index contributed by atoms with van der Waals surface area (Å²) in [6.45, 7) is 6.85. The van der Waals surface area contributed by atoms with Crippen LogP contribution in [0.4, 0.5) is 4.79 Å². The average molecular weight is 518 g/mol. The highest BCUT2D eigenvalue weighted by Gasteiger charge is 2.72. The summed E-state index contributed by atoms with van der Waals surface area (Å²) in [5, 5.41) is 5.21. The van der Waals surface area contributed by atoms with Crippen LogP contribution in [0.5, 0.6) is 0 Å². The maximum Gasteiger partial charge on any atom is 0.431 e. The van der Waals surface area contributed by atoms with E-state index in [1.807, 2.05) is 30.3 Å². The number of amides is 2. The van der Waals surface area contributed by atoms with Crippen LogP contribution in [0.1, 0.15) is 52.0 Å². The first kappa shape index (κ1) is 25.2. The number of benzene rings is 1. The van der Waals surface area contributed by atoms with Gasteiger partial charge < -0.3 is 9.47 Å². The number of hydrazone groups is 1. The van der Waals surface area contributed by atoms with Crippen molar-refractivity contribution in [2.45, 2.75) is 65.1 Å². The summed E-state index contributed by atoms with van der Waals surface area (Å²) >= 11 is 0. The van der Waals surface area contributed by atoms with Crippen LogP contribution in [-0.4, -0.2) is 67.0 Å². The molecule has 1 saturated heterocycles. The van der Waals surface area contributed by atoms with Crippen LogP contribution in [0.2, 0.25) is 0 Å². The maximum atomic E-state index is 14.1. The number of ether oxygens (including phenoxy) is 2. The second kappa shape index (κ2) is 9.13. The molecule has 2 bridgehead atoms. The van der Waals surface area contributed by atoms with Crippen molar-refractivity contribution >= 4 is 28.2 Å². The highest BCUT2D eigenvalue weighted by atomic mass is 32.2. The van der Waals surface area contributed by atoms with Gasteiger partial charge in [0, 0.05) is 24.2 Å². The molecular formula is C26H35N3O6S. The first-order chi connectivity index (χ1) is 17.1. The van der Waals surface area contributed by atoms with Gasteiger partial charge in [0.2, 0.25) is 10.0 Å². The van der Waals surface area contributed by atoms with Crippen LogP contribution in [-0.2, 0) is 30.9 Å². The fraction of sp³-hybridized carbons (Fsp3) is 0.654. The molecule has 1 aromatic carbocycles. The van der Waals surface area contributed by atoms with Gasteiger partial charge in [-0.1, -0.05) is 44.2 Å². The fourth-order valence-corrected chi connectivity index (χ4v) is 9.61. The molecule has 1 spiro atoms. The first-order valence-electron chi connectivity index (χ1n) is 12.8. The van der Waals surface area contributed by atoms with E-state index in [4.69, 9.17) is 9.47 Å². The number of sulfonamides is 1. The Morgan fingerprint density at radius 3 is 2.64 bits per heavy atom. The third-order valence-corrected chi connectivity index (χ3v) is 11.0. The van der Waals surface area contributed by atoms with E-state index in [1.165, 1.54) is 0 Å². The SMILES string of the molecule is CCOC(=O)N1N=C[C@@H](CCOCc2ccccc2)[C@@H]1C(=O)N1[C@@H]2C[C@H]3CC[C@]2(CS1(=O)=O)C3(C)C. The summed E-state index contributed by atoms with van der Waals surface area (Å²) in [6.07, 6.45) is 3.69. The van der Waals surface area contributed by atoms with Crippen LogP contribution in [0.15, 0.2) is 35.4 Å². The average Bonchev–Trinajstić information content (AvgIpc) is 3.49. The third-order valence-electron chi connectivity index (χ3n) is 9.09. The molecule has 9 nitrogen and oxygen atoms in total. The molecule has 2 heterocycles. The molecule has 0 unspecified atom stereocenters. The van der Waals surface area contributed by atoms with E-state index in [0.717, 1.165) is 27.7 Å². The van der Waals surface area contributed by atoms with Crippen molar-refractivity contribution in [3.63, 3.8) is 0 Å². The second-order valence-corrected chi connectivity index (χ2v) is 12.8. The molecule has 1 aromatic rings. The second-order valence-electron chi connectivity index (χ2n) is 11.0. The van der Waals surface area contributed by atoms with Gasteiger partial charge in [-0.2, -0.15) is 10.1 Å². The van der Waals surface area contributed by atoms with Crippen LogP contribution in [0.25, 0.3) is 0 Å². The number of fused-ring (bicyclic) bond motifs is 1. The molecule has 3 fully saturated rings. The van der Waals surface area contributed by atoms with Gasteiger partial charge >= 0.3 is 6.09 Å². The quantitative estimate of drug-likeness (QED) is 0.514. The molecule has 2 amide bonds. The number of carbonyl (C=O) groups excluding carboxylic acids is 2. The minimum Gasteiger partial charge on any atom is -0.448 e. The zero-order valence-electron chi connectivity index (χ0n) is 21.1. The predicted molar refractivity (Wildman–Crippen MR) is 133 cm³/mol. The molecule has 2 aliphatic carbocycles. The van der Waals surface area contributed by atoms with Crippen LogP contribution in [0.3, 0.4) is 0 Å². The lowest BCUT2D eigenvalue weighted by Crippen LogP contribution is -2.54. The van der Waals surface area contributed by atoms with Crippen molar-refractivity contribution in [1.29, 1.82) is 0 Å². The Kier molecular flexibility index (Phi) is 6.39. The van der Waals surface area contributed by atoms with E-state index in [2.05, 4.69) is 18.9 Å². The van der Waals surface area contributed by atoms with Crippen molar-refractivity contribution in [2.24, 2.45) is 27.8 Å². The zero-order chi connectivity index (χ0) is 25.7. The van der Waals surface area contributed by atoms with E-state index in [0.29, 0.717) is 32.0 Å². The summed E-state index contributed by atoms with van der Waals surface area (Å²) in [6, 6.07) is 8.31. The Morgan fingerprint density at radius 2 is 1.94 bits per heavy atom. The van der Waals surface area contributed by atoms with Gasteiger partial charge in [0.05, 0.1) is 25.0 Å². The van der Waals surface area contributed by atoms with Crippen molar-refractivity contribution in [1.82, 2.24) is 9.31 Å². The molecule has 10 heteroatoms. The summed E-state index contributed by atoms with van der Waals surface area (Å²) in [5.74, 6) is -0.691. The molecule has 0 N–H and O–H groups in total. The number of hydrogen-bond donors (Lipinski definition) is 0. The van der Waals surface area contributed by atoms with Crippen molar-refractivity contribution < 1.29 is 27.5 Å². The van der Waals surface area contributed by atoms with Gasteiger partial charge in [0.25, 0.3) is 5.91 Å². The number of carbonyl (C=O) groups is 2. The zero-order valence-corrected chi connectivity index (χ0v) is 21.9. The lowest BCUT2D eigenvalue weighted by Gasteiger charge is -2.38. The van der Waals surface area contributed by atoms with Gasteiger partial charge in [0.1, 0.15) is 6.04 Å². The van der Waals surface area contributed by atoms with Crippen LogP contribution in [0, 0.1) is 22.7 Å². The van der Waals surface area contributed by atoms with Gasteiger partial charge in [-0.15, -0.1) is 0 Å². The molecule has 0 radical (unpaired) electrons. The van der Waals surface area contributed by atoms with Gasteiger partial charge in [-0.25, -0.2) is 17.5 Å². The molecule has 5 atom stereocenters. The van der Waals surface area contributed by atoms with E-state index in [1.54, 1.807) is 13.1 Å². The van der Waals surface area contributed by atoms with E-state index in [9.17, 15) is 18.0 Å². The smallest absolute Gasteiger partial charge is 0.431 e. The highest BCUT2D eigenvalue weighted by molar-refractivity contribution is 7.90. The minimum atomic E-state index is -3.83. The monoisotopic (exact) mass is 517 g/mol. The molecule has 196 valence electrons. The Bertz CT molecular complexity index is 1150. The molecule has 4 aliphatic rings. The predicted octanol–water partition coefficient (Wildman–Crippen LogP) is 3.40. The van der Waals surface area contributed by atoms with Crippen molar-refractivity contribution in [3.8, 4) is 0 Å². The Morgan fingerprint density at radius 1 is 1.19 bits per heavy atom. The highest BCUT2D eigenvalue weighted by Crippen LogP contribution is 2.70. The molecule has 2 aliphatic heterocycles. The number of hydrogen-bond acceptors (Lipinski definition) is 7. The van der Waals surface area contributed by atoms with E-state index < -0.39 is 39.4 Å². The lowest BCUT2D eigenvalue weighted by atomic mass is 9.69. The molecule has 36 heavy (non-hydrogen) atoms. The fourth-order valence-electron chi connectivity index (χ4n) is 7.06. The van der Waals surface area contributed by atoms with Crippen LogP contribution < -0.4 is 0 Å². The van der Waals surface area contributed by atoms with Crippen LogP contribution >= 0.6 is 0 Å². The van der Waals surface area contributed by atoms with Crippen molar-refractivity contribution in [2.75, 3.05) is 19.0 Å². The number of rotatable bonds is 7. The van der Waals surface area contributed by atoms with Gasteiger partial charge in [-0.05, 0) is 49.5 Å². The maximum absolute atomic E-state index is 14.1. The lowest BCUT2D eigenvalue weighted by molar-refractivity contribution is -0.135. The summed E-state index contributed by atoms with van der Waals surface area (Å²) in [5.41, 5.74) is 0.442. The normalized spacial score (nSPS) is 33.2. The summed E-state index contributed by atoms with van der Waals surface area (Å²) in [7, 11) is -3.83. The summed E-state index contributed by atoms with van der Waals surface area (Å²) in [4.78, 5) is 26.7. The standard InChI is InChI=1S/C26H35N3O6S/c1-4-35-24(31)28-22(19(15-27-28)11-13-34-16-18-8-6-5-7-9-18)23(30)29-21-14-20-10-12-26(21,25(20,2)3)17-36(29,32)33/h5-9,15,19-22H,4,10-14,16-17H2,1-3H3/t19-,20-,21-,22-,26-/m1/s1.